The van der Waals surface area contributed by atoms with Crippen LogP contribution in [-0.4, -0.2) is 54.8 Å². The molecule has 1 fully saturated rings. The normalized spacial score (nSPS) is 14.5. The molecule has 33 heavy (non-hydrogen) atoms. The van der Waals surface area contributed by atoms with Gasteiger partial charge in [-0.05, 0) is 70.6 Å². The van der Waals surface area contributed by atoms with Gasteiger partial charge in [-0.2, -0.15) is 0 Å². The predicted octanol–water partition coefficient (Wildman–Crippen LogP) is 4.64. The SMILES string of the molecule is CCOc1cc([C@@H](CCN(C)C)n2cc3cccc(NC(=O)C4CC4)c3c2O)ccc1OC. The van der Waals surface area contributed by atoms with Crippen molar-refractivity contribution in [3.05, 3.63) is 48.2 Å². The molecule has 1 aromatic heterocycles. The van der Waals surface area contributed by atoms with Gasteiger partial charge in [0.15, 0.2) is 11.5 Å². The third kappa shape index (κ3) is 4.93. The first-order valence-corrected chi connectivity index (χ1v) is 11.5. The average Bonchev–Trinajstić information content (AvgIpc) is 3.59. The molecule has 176 valence electrons. The van der Waals surface area contributed by atoms with E-state index in [1.54, 1.807) is 7.11 Å². The van der Waals surface area contributed by atoms with Crippen LogP contribution in [0.2, 0.25) is 0 Å². The Balaban J connectivity index is 1.77. The fraction of sp³-hybridized carbons (Fsp3) is 0.423. The number of nitrogens with zero attached hydrogens (tertiary/aromatic N) is 2. The van der Waals surface area contributed by atoms with Crippen molar-refractivity contribution in [3.8, 4) is 17.4 Å². The van der Waals surface area contributed by atoms with E-state index >= 15 is 0 Å². The highest BCUT2D eigenvalue weighted by molar-refractivity contribution is 6.05. The molecule has 1 heterocycles. The fourth-order valence-electron chi connectivity index (χ4n) is 4.21. The van der Waals surface area contributed by atoms with Crippen LogP contribution in [0, 0.1) is 5.92 Å². The van der Waals surface area contributed by atoms with Crippen LogP contribution in [0.25, 0.3) is 10.8 Å². The summed E-state index contributed by atoms with van der Waals surface area (Å²) in [4.78, 5) is 14.5. The standard InChI is InChI=1S/C26H33N3O4/c1-5-33-23-15-18(11-12-22(23)32-4)21(13-14-28(2)3)29-16-19-7-6-8-20(24(19)26(29)31)27-25(30)17-9-10-17/h6-8,11-12,15-17,21,31H,5,9-10,13-14H2,1-4H3,(H,27,30)/t21-/m1/s1. The molecule has 1 saturated carbocycles. The minimum absolute atomic E-state index is 0.0234. The molecule has 7 nitrogen and oxygen atoms in total. The Hall–Kier alpha value is -3.19. The molecular weight excluding hydrogens is 418 g/mol. The molecule has 0 unspecified atom stereocenters. The molecule has 4 rings (SSSR count). The van der Waals surface area contributed by atoms with Crippen LogP contribution < -0.4 is 14.8 Å². The van der Waals surface area contributed by atoms with Crippen LogP contribution in [0.4, 0.5) is 5.69 Å². The van der Waals surface area contributed by atoms with Gasteiger partial charge in [-0.25, -0.2) is 0 Å². The Kier molecular flexibility index (Phi) is 6.79. The molecule has 1 aliphatic rings. The fourth-order valence-corrected chi connectivity index (χ4v) is 4.21. The lowest BCUT2D eigenvalue weighted by Crippen LogP contribution is -2.19. The zero-order valence-electron chi connectivity index (χ0n) is 19.8. The van der Waals surface area contributed by atoms with Crippen molar-refractivity contribution < 1.29 is 19.4 Å². The van der Waals surface area contributed by atoms with E-state index in [4.69, 9.17) is 9.47 Å². The minimum atomic E-state index is -0.128. The minimum Gasteiger partial charge on any atom is -0.494 e. The van der Waals surface area contributed by atoms with Crippen LogP contribution in [0.3, 0.4) is 0 Å². The Morgan fingerprint density at radius 3 is 2.70 bits per heavy atom. The van der Waals surface area contributed by atoms with Gasteiger partial charge in [0.1, 0.15) is 0 Å². The maximum Gasteiger partial charge on any atom is 0.227 e. The maximum absolute atomic E-state index is 12.4. The van der Waals surface area contributed by atoms with Crippen molar-refractivity contribution in [2.75, 3.05) is 39.7 Å². The van der Waals surface area contributed by atoms with Crippen molar-refractivity contribution in [1.29, 1.82) is 0 Å². The van der Waals surface area contributed by atoms with Crippen LogP contribution in [0.15, 0.2) is 42.6 Å². The molecule has 0 saturated heterocycles. The molecule has 2 aromatic carbocycles. The smallest absolute Gasteiger partial charge is 0.227 e. The number of rotatable bonds is 10. The Bertz CT molecular complexity index is 1130. The molecule has 1 amide bonds. The summed E-state index contributed by atoms with van der Waals surface area (Å²) >= 11 is 0. The number of carbonyl (C=O) groups is 1. The van der Waals surface area contributed by atoms with E-state index in [-0.39, 0.29) is 23.7 Å². The van der Waals surface area contributed by atoms with Crippen molar-refractivity contribution in [1.82, 2.24) is 9.47 Å². The summed E-state index contributed by atoms with van der Waals surface area (Å²) < 4.78 is 13.2. The number of aromatic hydroxyl groups is 1. The van der Waals surface area contributed by atoms with Crippen molar-refractivity contribution in [3.63, 3.8) is 0 Å². The molecule has 0 radical (unpaired) electrons. The second kappa shape index (κ2) is 9.75. The summed E-state index contributed by atoms with van der Waals surface area (Å²) in [7, 11) is 5.70. The molecule has 0 spiro atoms. The average molecular weight is 452 g/mol. The topological polar surface area (TPSA) is 76.0 Å². The summed E-state index contributed by atoms with van der Waals surface area (Å²) in [5, 5.41) is 15.9. The van der Waals surface area contributed by atoms with Gasteiger partial charge >= 0.3 is 0 Å². The Morgan fingerprint density at radius 2 is 2.03 bits per heavy atom. The Morgan fingerprint density at radius 1 is 1.24 bits per heavy atom. The molecule has 0 bridgehead atoms. The molecule has 3 aromatic rings. The van der Waals surface area contributed by atoms with Crippen LogP contribution in [0.5, 0.6) is 17.4 Å². The number of amides is 1. The van der Waals surface area contributed by atoms with Crippen molar-refractivity contribution in [2.45, 2.75) is 32.2 Å². The number of hydrogen-bond donors (Lipinski definition) is 2. The number of anilines is 1. The van der Waals surface area contributed by atoms with E-state index in [1.165, 1.54) is 0 Å². The molecule has 1 aliphatic carbocycles. The van der Waals surface area contributed by atoms with Crippen LogP contribution in [0.1, 0.15) is 37.8 Å². The first kappa shape index (κ1) is 23.0. The van der Waals surface area contributed by atoms with E-state index in [1.807, 2.05) is 68.2 Å². The second-order valence-corrected chi connectivity index (χ2v) is 8.84. The van der Waals surface area contributed by atoms with Gasteiger partial charge < -0.3 is 29.4 Å². The number of benzene rings is 2. The highest BCUT2D eigenvalue weighted by Gasteiger charge is 2.30. The van der Waals surface area contributed by atoms with E-state index in [0.717, 1.165) is 36.8 Å². The van der Waals surface area contributed by atoms with Gasteiger partial charge in [-0.1, -0.05) is 18.2 Å². The molecule has 1 atom stereocenters. The third-order valence-electron chi connectivity index (χ3n) is 6.11. The monoisotopic (exact) mass is 451 g/mol. The lowest BCUT2D eigenvalue weighted by Gasteiger charge is -2.23. The Labute approximate surface area is 194 Å². The van der Waals surface area contributed by atoms with Crippen molar-refractivity contribution in [2.24, 2.45) is 5.92 Å². The first-order chi connectivity index (χ1) is 15.9. The summed E-state index contributed by atoms with van der Waals surface area (Å²) in [5.74, 6) is 1.62. The van der Waals surface area contributed by atoms with Gasteiger partial charge in [-0.15, -0.1) is 0 Å². The maximum atomic E-state index is 12.4. The van der Waals surface area contributed by atoms with Crippen LogP contribution in [-0.2, 0) is 4.79 Å². The van der Waals surface area contributed by atoms with E-state index in [0.29, 0.717) is 29.2 Å². The molecular formula is C26H33N3O4. The number of methoxy groups -OCH3 is 1. The first-order valence-electron chi connectivity index (χ1n) is 11.5. The van der Waals surface area contributed by atoms with Gasteiger partial charge in [0, 0.05) is 17.5 Å². The highest BCUT2D eigenvalue weighted by atomic mass is 16.5. The predicted molar refractivity (Wildman–Crippen MR) is 130 cm³/mol. The lowest BCUT2D eigenvalue weighted by atomic mass is 10.0. The number of fused-ring (bicyclic) bond motifs is 1. The van der Waals surface area contributed by atoms with Crippen molar-refractivity contribution >= 4 is 22.4 Å². The number of carbonyl (C=O) groups excluding carboxylic acids is 1. The van der Waals surface area contributed by atoms with E-state index in [9.17, 15) is 9.90 Å². The second-order valence-electron chi connectivity index (χ2n) is 8.84. The van der Waals surface area contributed by atoms with Gasteiger partial charge in [0.25, 0.3) is 0 Å². The zero-order chi connectivity index (χ0) is 23.5. The van der Waals surface area contributed by atoms with Crippen LogP contribution >= 0.6 is 0 Å². The van der Waals surface area contributed by atoms with Gasteiger partial charge in [0.05, 0.1) is 30.8 Å². The summed E-state index contributed by atoms with van der Waals surface area (Å²) in [6, 6.07) is 11.5. The summed E-state index contributed by atoms with van der Waals surface area (Å²) in [6.07, 6.45) is 4.60. The molecule has 7 heteroatoms. The summed E-state index contributed by atoms with van der Waals surface area (Å²) in [5.41, 5.74) is 1.66. The number of aromatic nitrogens is 1. The van der Waals surface area contributed by atoms with E-state index < -0.39 is 0 Å². The third-order valence-corrected chi connectivity index (χ3v) is 6.11. The zero-order valence-corrected chi connectivity index (χ0v) is 19.8. The quantitative estimate of drug-likeness (QED) is 0.470. The summed E-state index contributed by atoms with van der Waals surface area (Å²) in [6.45, 7) is 3.31. The highest BCUT2D eigenvalue weighted by Crippen LogP contribution is 2.40. The largest absolute Gasteiger partial charge is 0.494 e. The number of hydrogen-bond acceptors (Lipinski definition) is 5. The van der Waals surface area contributed by atoms with Gasteiger partial charge in [0.2, 0.25) is 11.8 Å². The number of nitrogens with one attached hydrogen (secondary N) is 1. The molecule has 0 aliphatic heterocycles. The van der Waals surface area contributed by atoms with Gasteiger partial charge in [-0.3, -0.25) is 4.79 Å². The lowest BCUT2D eigenvalue weighted by molar-refractivity contribution is -0.117. The number of ether oxygens (including phenoxy) is 2. The van der Waals surface area contributed by atoms with E-state index in [2.05, 4.69) is 10.2 Å². The molecule has 2 N–H and O–H groups in total.